The number of fused-ring (bicyclic) bond motifs is 2. The summed E-state index contributed by atoms with van der Waals surface area (Å²) in [5.74, 6) is 0. The highest BCUT2D eigenvalue weighted by Gasteiger charge is 2.40. The van der Waals surface area contributed by atoms with E-state index in [9.17, 15) is 8.42 Å². The van der Waals surface area contributed by atoms with Crippen LogP contribution in [0.5, 0.6) is 0 Å². The van der Waals surface area contributed by atoms with Gasteiger partial charge in [-0.3, -0.25) is 0 Å². The minimum atomic E-state index is -3.31. The van der Waals surface area contributed by atoms with Crippen LogP contribution in [0.1, 0.15) is 52.9 Å². The smallest absolute Gasteiger partial charge is 0.282 e. The summed E-state index contributed by atoms with van der Waals surface area (Å²) in [6.45, 7) is 7.63. The van der Waals surface area contributed by atoms with Crippen LogP contribution in [-0.2, 0) is 10.2 Å². The number of piperidine rings is 1. The molecule has 2 aliphatic heterocycles. The molecule has 2 rings (SSSR count). The largest absolute Gasteiger partial charge is 0.311 e. The van der Waals surface area contributed by atoms with Crippen LogP contribution in [-0.4, -0.2) is 54.8 Å². The molecule has 0 aromatic heterocycles. The molecule has 0 aromatic rings. The van der Waals surface area contributed by atoms with E-state index in [2.05, 4.69) is 12.2 Å². The highest BCUT2D eigenvalue weighted by atomic mass is 32.2. The molecule has 20 heavy (non-hydrogen) atoms. The van der Waals surface area contributed by atoms with Gasteiger partial charge < -0.3 is 5.32 Å². The summed E-state index contributed by atoms with van der Waals surface area (Å²) in [5.41, 5.74) is 0. The highest BCUT2D eigenvalue weighted by Crippen LogP contribution is 2.31. The molecule has 6 heteroatoms. The van der Waals surface area contributed by atoms with E-state index in [1.165, 1.54) is 12.8 Å². The topological polar surface area (TPSA) is 52.7 Å². The molecule has 2 heterocycles. The van der Waals surface area contributed by atoms with Crippen molar-refractivity contribution in [2.75, 3.05) is 19.6 Å². The number of nitrogens with zero attached hydrogens (tertiary/aromatic N) is 2. The summed E-state index contributed by atoms with van der Waals surface area (Å²) in [4.78, 5) is 0. The Labute approximate surface area is 123 Å². The summed E-state index contributed by atoms with van der Waals surface area (Å²) < 4.78 is 29.1. The summed E-state index contributed by atoms with van der Waals surface area (Å²) in [5, 5.41) is 3.59. The molecular formula is C14H29N3O2S. The van der Waals surface area contributed by atoms with Crippen LogP contribution in [0, 0.1) is 0 Å². The molecule has 0 aliphatic carbocycles. The Morgan fingerprint density at radius 1 is 1.05 bits per heavy atom. The lowest BCUT2D eigenvalue weighted by Gasteiger charge is -2.39. The summed E-state index contributed by atoms with van der Waals surface area (Å²) >= 11 is 0. The van der Waals surface area contributed by atoms with Gasteiger partial charge in [-0.2, -0.15) is 17.0 Å². The Hall–Kier alpha value is -0.170. The summed E-state index contributed by atoms with van der Waals surface area (Å²) in [6, 6.07) is 1.22. The Morgan fingerprint density at radius 2 is 1.60 bits per heavy atom. The summed E-state index contributed by atoms with van der Waals surface area (Å²) in [7, 11) is -3.31. The molecule has 118 valence electrons. The van der Waals surface area contributed by atoms with Crippen molar-refractivity contribution >= 4 is 10.2 Å². The third-order valence-electron chi connectivity index (χ3n) is 4.63. The second kappa shape index (κ2) is 6.73. The standard InChI is InChI=1S/C14H29N3O2S/c1-4-9-17(20(18,19)16(5-2)6-3)14-10-12-7-8-13(11-14)15-12/h12-15H,4-11H2,1-3H3. The van der Waals surface area contributed by atoms with Gasteiger partial charge in [-0.1, -0.05) is 20.8 Å². The fourth-order valence-corrected chi connectivity index (χ4v) is 5.58. The molecule has 0 saturated carbocycles. The Morgan fingerprint density at radius 3 is 2.05 bits per heavy atom. The van der Waals surface area contributed by atoms with Gasteiger partial charge in [-0.25, -0.2) is 0 Å². The van der Waals surface area contributed by atoms with Crippen molar-refractivity contribution in [1.29, 1.82) is 0 Å². The molecule has 2 aliphatic rings. The van der Waals surface area contributed by atoms with E-state index in [1.807, 2.05) is 13.8 Å². The fraction of sp³-hybridized carbons (Fsp3) is 1.00. The van der Waals surface area contributed by atoms with Crippen LogP contribution in [0.25, 0.3) is 0 Å². The second-order valence-electron chi connectivity index (χ2n) is 5.97. The zero-order valence-corrected chi connectivity index (χ0v) is 13.8. The van der Waals surface area contributed by atoms with Crippen molar-refractivity contribution < 1.29 is 8.42 Å². The van der Waals surface area contributed by atoms with Gasteiger partial charge in [0.2, 0.25) is 0 Å². The predicted molar refractivity (Wildman–Crippen MR) is 81.8 cm³/mol. The third-order valence-corrected chi connectivity index (χ3v) is 6.87. The van der Waals surface area contributed by atoms with Gasteiger partial charge in [0.15, 0.2) is 0 Å². The highest BCUT2D eigenvalue weighted by molar-refractivity contribution is 7.86. The van der Waals surface area contributed by atoms with Crippen molar-refractivity contribution in [3.63, 3.8) is 0 Å². The van der Waals surface area contributed by atoms with Crippen molar-refractivity contribution in [3.05, 3.63) is 0 Å². The Kier molecular flexibility index (Phi) is 5.45. The molecule has 0 radical (unpaired) electrons. The molecule has 2 saturated heterocycles. The molecule has 2 unspecified atom stereocenters. The molecular weight excluding hydrogens is 274 g/mol. The Bertz CT molecular complexity index is 397. The lowest BCUT2D eigenvalue weighted by atomic mass is 10.00. The number of hydrogen-bond donors (Lipinski definition) is 1. The minimum absolute atomic E-state index is 0.180. The van der Waals surface area contributed by atoms with Gasteiger partial charge in [0, 0.05) is 37.8 Å². The zero-order valence-electron chi connectivity index (χ0n) is 13.0. The van der Waals surface area contributed by atoms with Crippen molar-refractivity contribution in [1.82, 2.24) is 13.9 Å². The first kappa shape index (κ1) is 16.2. The molecule has 2 atom stereocenters. The van der Waals surface area contributed by atoms with Crippen molar-refractivity contribution in [2.45, 2.75) is 71.0 Å². The van der Waals surface area contributed by atoms with Crippen LogP contribution in [0.2, 0.25) is 0 Å². The fourth-order valence-electron chi connectivity index (χ4n) is 3.67. The van der Waals surface area contributed by atoms with E-state index in [0.717, 1.165) is 19.3 Å². The molecule has 2 bridgehead atoms. The second-order valence-corrected chi connectivity index (χ2v) is 7.85. The number of nitrogens with one attached hydrogen (secondary N) is 1. The van der Waals surface area contributed by atoms with Crippen molar-refractivity contribution in [2.24, 2.45) is 0 Å². The Balaban J connectivity index is 2.17. The third kappa shape index (κ3) is 3.18. The number of rotatable bonds is 7. The maximum atomic E-state index is 12.8. The maximum absolute atomic E-state index is 12.8. The van der Waals surface area contributed by atoms with E-state index < -0.39 is 10.2 Å². The predicted octanol–water partition coefficient (Wildman–Crippen LogP) is 1.57. The van der Waals surface area contributed by atoms with E-state index in [-0.39, 0.29) is 6.04 Å². The first-order valence-corrected chi connectivity index (χ1v) is 9.45. The van der Waals surface area contributed by atoms with Crippen LogP contribution < -0.4 is 5.32 Å². The zero-order chi connectivity index (χ0) is 14.8. The monoisotopic (exact) mass is 303 g/mol. The van der Waals surface area contributed by atoms with Crippen LogP contribution in [0.4, 0.5) is 0 Å². The molecule has 2 fully saturated rings. The average molecular weight is 303 g/mol. The van der Waals surface area contributed by atoms with Gasteiger partial charge in [0.25, 0.3) is 10.2 Å². The van der Waals surface area contributed by atoms with E-state index >= 15 is 0 Å². The van der Waals surface area contributed by atoms with Gasteiger partial charge in [0.05, 0.1) is 0 Å². The first-order valence-electron chi connectivity index (χ1n) is 8.05. The normalized spacial score (nSPS) is 30.4. The van der Waals surface area contributed by atoms with E-state index in [1.54, 1.807) is 8.61 Å². The van der Waals surface area contributed by atoms with E-state index in [0.29, 0.717) is 31.7 Å². The van der Waals surface area contributed by atoms with Gasteiger partial charge in [-0.05, 0) is 32.1 Å². The minimum Gasteiger partial charge on any atom is -0.311 e. The average Bonchev–Trinajstić information content (AvgIpc) is 2.75. The first-order chi connectivity index (χ1) is 9.52. The quantitative estimate of drug-likeness (QED) is 0.777. The van der Waals surface area contributed by atoms with E-state index in [4.69, 9.17) is 0 Å². The van der Waals surface area contributed by atoms with Gasteiger partial charge in [0.1, 0.15) is 0 Å². The molecule has 0 aromatic carbocycles. The number of hydrogen-bond acceptors (Lipinski definition) is 3. The molecule has 0 amide bonds. The van der Waals surface area contributed by atoms with Gasteiger partial charge in [-0.15, -0.1) is 0 Å². The van der Waals surface area contributed by atoms with Crippen LogP contribution >= 0.6 is 0 Å². The van der Waals surface area contributed by atoms with Crippen LogP contribution in [0.3, 0.4) is 0 Å². The SMILES string of the molecule is CCCN(C1CC2CCC(C1)N2)S(=O)(=O)N(CC)CC. The lowest BCUT2D eigenvalue weighted by Crippen LogP contribution is -2.54. The molecule has 5 nitrogen and oxygen atoms in total. The lowest BCUT2D eigenvalue weighted by molar-refractivity contribution is 0.213. The maximum Gasteiger partial charge on any atom is 0.282 e. The molecule has 1 N–H and O–H groups in total. The van der Waals surface area contributed by atoms with Crippen LogP contribution in [0.15, 0.2) is 0 Å². The molecule has 0 spiro atoms. The van der Waals surface area contributed by atoms with Crippen molar-refractivity contribution in [3.8, 4) is 0 Å². The summed E-state index contributed by atoms with van der Waals surface area (Å²) in [6.07, 6.45) is 5.21. The van der Waals surface area contributed by atoms with Gasteiger partial charge >= 0.3 is 0 Å².